The molecule has 3 aromatic rings. The molecule has 0 unspecified atom stereocenters. The van der Waals surface area contributed by atoms with Gasteiger partial charge in [0.15, 0.2) is 0 Å². The summed E-state index contributed by atoms with van der Waals surface area (Å²) in [6, 6.07) is 17.4. The van der Waals surface area contributed by atoms with Gasteiger partial charge in [-0.3, -0.25) is 0 Å². The lowest BCUT2D eigenvalue weighted by Crippen LogP contribution is -2.30. The molecular formula is C22H25ClN4O. The Morgan fingerprint density at radius 1 is 1.04 bits per heavy atom. The standard InChI is InChI=1S/C22H25ClN4O/c1-14(2)19(13-28)25-22-24-18(16-9-5-4-6-10-16)12-20(27-22)26-21-15(3)8-7-11-17(21)23/h4-12,14,19,28H,13H2,1-3H3,(H2,24,25,26,27)/t19-/m0/s1. The second kappa shape index (κ2) is 9.04. The molecule has 0 saturated heterocycles. The molecule has 1 aromatic heterocycles. The highest BCUT2D eigenvalue weighted by atomic mass is 35.5. The SMILES string of the molecule is Cc1cccc(Cl)c1Nc1cc(-c2ccccc2)nc(N[C@@H](CO)C(C)C)n1. The molecule has 1 atom stereocenters. The average Bonchev–Trinajstić information content (AvgIpc) is 2.69. The van der Waals surface area contributed by atoms with E-state index in [-0.39, 0.29) is 18.6 Å². The molecule has 0 spiro atoms. The van der Waals surface area contributed by atoms with Crippen molar-refractivity contribution in [1.82, 2.24) is 9.97 Å². The summed E-state index contributed by atoms with van der Waals surface area (Å²) in [5, 5.41) is 16.9. The lowest BCUT2D eigenvalue weighted by Gasteiger charge is -2.21. The number of hydrogen-bond donors (Lipinski definition) is 3. The van der Waals surface area contributed by atoms with Crippen molar-refractivity contribution in [3.05, 3.63) is 65.2 Å². The number of aryl methyl sites for hydroxylation is 1. The Hall–Kier alpha value is -2.63. The highest BCUT2D eigenvalue weighted by Gasteiger charge is 2.15. The summed E-state index contributed by atoms with van der Waals surface area (Å²) in [5.74, 6) is 1.32. The van der Waals surface area contributed by atoms with E-state index in [1.54, 1.807) is 0 Å². The third-order valence-corrected chi connectivity index (χ3v) is 4.90. The van der Waals surface area contributed by atoms with Crippen LogP contribution in [0.3, 0.4) is 0 Å². The maximum atomic E-state index is 9.67. The molecule has 3 rings (SSSR count). The van der Waals surface area contributed by atoms with Crippen LogP contribution in [0.25, 0.3) is 11.3 Å². The summed E-state index contributed by atoms with van der Waals surface area (Å²) in [4.78, 5) is 9.26. The molecule has 1 heterocycles. The Kier molecular flexibility index (Phi) is 6.49. The van der Waals surface area contributed by atoms with Gasteiger partial charge in [-0.1, -0.05) is 67.9 Å². The molecule has 0 saturated carbocycles. The van der Waals surface area contributed by atoms with Gasteiger partial charge in [0.1, 0.15) is 5.82 Å². The molecule has 146 valence electrons. The van der Waals surface area contributed by atoms with Gasteiger partial charge in [-0.2, -0.15) is 4.98 Å². The average molecular weight is 397 g/mol. The molecule has 0 amide bonds. The summed E-state index contributed by atoms with van der Waals surface area (Å²) in [6.45, 7) is 6.08. The van der Waals surface area contributed by atoms with Crippen LogP contribution in [0.1, 0.15) is 19.4 Å². The van der Waals surface area contributed by atoms with E-state index in [1.807, 2.05) is 75.4 Å². The second-order valence-electron chi connectivity index (χ2n) is 7.06. The van der Waals surface area contributed by atoms with Gasteiger partial charge in [-0.05, 0) is 24.5 Å². The van der Waals surface area contributed by atoms with Gasteiger partial charge in [0.25, 0.3) is 0 Å². The molecule has 0 fully saturated rings. The van der Waals surface area contributed by atoms with Gasteiger partial charge in [0.2, 0.25) is 5.95 Å². The van der Waals surface area contributed by atoms with Gasteiger partial charge in [0, 0.05) is 11.6 Å². The lowest BCUT2D eigenvalue weighted by atomic mass is 10.1. The Bertz CT molecular complexity index is 911. The number of aromatic nitrogens is 2. The molecule has 0 bridgehead atoms. The predicted molar refractivity (Wildman–Crippen MR) is 116 cm³/mol. The van der Waals surface area contributed by atoms with E-state index in [0.717, 1.165) is 22.5 Å². The van der Waals surface area contributed by atoms with E-state index < -0.39 is 0 Å². The fourth-order valence-corrected chi connectivity index (χ4v) is 3.11. The highest BCUT2D eigenvalue weighted by molar-refractivity contribution is 6.33. The van der Waals surface area contributed by atoms with Crippen molar-refractivity contribution in [2.75, 3.05) is 17.2 Å². The van der Waals surface area contributed by atoms with E-state index in [9.17, 15) is 5.11 Å². The molecular weight excluding hydrogens is 372 g/mol. The van der Waals surface area contributed by atoms with Gasteiger partial charge in [-0.25, -0.2) is 4.98 Å². The zero-order chi connectivity index (χ0) is 20.1. The zero-order valence-electron chi connectivity index (χ0n) is 16.3. The van der Waals surface area contributed by atoms with E-state index in [2.05, 4.69) is 20.6 Å². The first-order valence-electron chi connectivity index (χ1n) is 9.32. The van der Waals surface area contributed by atoms with Crippen LogP contribution in [-0.2, 0) is 0 Å². The number of hydrogen-bond acceptors (Lipinski definition) is 5. The number of anilines is 3. The largest absolute Gasteiger partial charge is 0.394 e. The number of halogens is 1. The van der Waals surface area contributed by atoms with E-state index in [0.29, 0.717) is 16.8 Å². The van der Waals surface area contributed by atoms with Crippen LogP contribution in [0.2, 0.25) is 5.02 Å². The fraction of sp³-hybridized carbons (Fsp3) is 0.273. The highest BCUT2D eigenvalue weighted by Crippen LogP contribution is 2.30. The first kappa shape index (κ1) is 20.1. The number of aliphatic hydroxyl groups is 1. The van der Waals surface area contributed by atoms with Crippen LogP contribution in [-0.4, -0.2) is 27.7 Å². The van der Waals surface area contributed by atoms with Crippen molar-refractivity contribution in [2.24, 2.45) is 5.92 Å². The van der Waals surface area contributed by atoms with Gasteiger partial charge >= 0.3 is 0 Å². The summed E-state index contributed by atoms with van der Waals surface area (Å²) in [5.41, 5.74) is 3.61. The molecule has 28 heavy (non-hydrogen) atoms. The molecule has 0 radical (unpaired) electrons. The number of aliphatic hydroxyl groups excluding tert-OH is 1. The summed E-state index contributed by atoms with van der Waals surface area (Å²) >= 11 is 6.37. The molecule has 6 heteroatoms. The maximum absolute atomic E-state index is 9.67. The minimum Gasteiger partial charge on any atom is -0.394 e. The summed E-state index contributed by atoms with van der Waals surface area (Å²) in [6.07, 6.45) is 0. The second-order valence-corrected chi connectivity index (χ2v) is 7.47. The minimum absolute atomic E-state index is 0.00295. The molecule has 0 aliphatic heterocycles. The molecule has 2 aromatic carbocycles. The monoisotopic (exact) mass is 396 g/mol. The van der Waals surface area contributed by atoms with Crippen molar-refractivity contribution < 1.29 is 5.11 Å². The van der Waals surface area contributed by atoms with E-state index >= 15 is 0 Å². The van der Waals surface area contributed by atoms with Gasteiger partial charge in [0.05, 0.1) is 29.1 Å². The van der Waals surface area contributed by atoms with E-state index in [1.165, 1.54) is 0 Å². The lowest BCUT2D eigenvalue weighted by molar-refractivity contribution is 0.248. The predicted octanol–water partition coefficient (Wildman–Crippen LogP) is 5.28. The number of nitrogens with zero attached hydrogens (tertiary/aromatic N) is 2. The molecule has 5 nitrogen and oxygen atoms in total. The third kappa shape index (κ3) is 4.80. The van der Waals surface area contributed by atoms with Crippen molar-refractivity contribution >= 4 is 29.1 Å². The van der Waals surface area contributed by atoms with E-state index in [4.69, 9.17) is 11.6 Å². The van der Waals surface area contributed by atoms with Crippen molar-refractivity contribution in [3.63, 3.8) is 0 Å². The summed E-state index contributed by atoms with van der Waals surface area (Å²) < 4.78 is 0. The zero-order valence-corrected chi connectivity index (χ0v) is 17.0. The molecule has 0 aliphatic carbocycles. The summed E-state index contributed by atoms with van der Waals surface area (Å²) in [7, 11) is 0. The van der Waals surface area contributed by atoms with Crippen LogP contribution < -0.4 is 10.6 Å². The van der Waals surface area contributed by atoms with Gasteiger partial charge in [-0.15, -0.1) is 0 Å². The topological polar surface area (TPSA) is 70.1 Å². The molecule has 0 aliphatic rings. The fourth-order valence-electron chi connectivity index (χ4n) is 2.84. The van der Waals surface area contributed by atoms with Crippen molar-refractivity contribution in [3.8, 4) is 11.3 Å². The Morgan fingerprint density at radius 3 is 2.43 bits per heavy atom. The van der Waals surface area contributed by atoms with Crippen LogP contribution in [0.4, 0.5) is 17.5 Å². The number of rotatable bonds is 7. The van der Waals surface area contributed by atoms with Crippen LogP contribution >= 0.6 is 11.6 Å². The quantitative estimate of drug-likeness (QED) is 0.507. The van der Waals surface area contributed by atoms with Crippen molar-refractivity contribution in [1.29, 1.82) is 0 Å². The van der Waals surface area contributed by atoms with Gasteiger partial charge < -0.3 is 15.7 Å². The maximum Gasteiger partial charge on any atom is 0.225 e. The number of benzene rings is 2. The molecule has 3 N–H and O–H groups in total. The normalized spacial score (nSPS) is 12.1. The first-order chi connectivity index (χ1) is 13.5. The number of nitrogens with one attached hydrogen (secondary N) is 2. The Labute approximate surface area is 170 Å². The Morgan fingerprint density at radius 2 is 1.79 bits per heavy atom. The number of para-hydroxylation sites is 1. The smallest absolute Gasteiger partial charge is 0.225 e. The van der Waals surface area contributed by atoms with Crippen LogP contribution in [0.15, 0.2) is 54.6 Å². The minimum atomic E-state index is -0.138. The first-order valence-corrected chi connectivity index (χ1v) is 9.69. The third-order valence-electron chi connectivity index (χ3n) is 4.59. The Balaban J connectivity index is 2.02. The van der Waals surface area contributed by atoms with Crippen LogP contribution in [0, 0.1) is 12.8 Å². The van der Waals surface area contributed by atoms with Crippen LogP contribution in [0.5, 0.6) is 0 Å². The van der Waals surface area contributed by atoms with Crippen molar-refractivity contribution in [2.45, 2.75) is 26.8 Å².